The maximum absolute atomic E-state index is 12.7. The molecule has 7 heteroatoms. The Morgan fingerprint density at radius 1 is 1.29 bits per heavy atom. The van der Waals surface area contributed by atoms with Crippen LogP contribution in [0.2, 0.25) is 0 Å². The molecule has 0 saturated carbocycles. The maximum Gasteiger partial charge on any atom is 0.322 e. The number of hydrogen-bond acceptors (Lipinski definition) is 3. The van der Waals surface area contributed by atoms with Crippen molar-refractivity contribution in [3.63, 3.8) is 0 Å². The number of hydrogen-bond donors (Lipinski definition) is 1. The molecule has 1 N–H and O–H groups in total. The summed E-state index contributed by atoms with van der Waals surface area (Å²) in [6, 6.07) is 6.32. The van der Waals surface area contributed by atoms with Crippen molar-refractivity contribution >= 4 is 16.2 Å². The Morgan fingerprint density at radius 3 is 2.38 bits per heavy atom. The average Bonchev–Trinajstić information content (AvgIpc) is 2.46. The molecule has 116 valence electrons. The van der Waals surface area contributed by atoms with Crippen molar-refractivity contribution in [2.45, 2.75) is 32.9 Å². The van der Waals surface area contributed by atoms with Crippen LogP contribution in [-0.4, -0.2) is 47.2 Å². The first-order chi connectivity index (χ1) is 9.91. The summed E-state index contributed by atoms with van der Waals surface area (Å²) in [5.41, 5.74) is 1.77. The molecule has 2 rings (SSSR count). The zero-order chi connectivity index (χ0) is 15.6. The normalized spacial score (nSPS) is 19.5. The molecular formula is C14H20N2O4S. The largest absolute Gasteiger partial charge is 0.480 e. The molecule has 0 fully saturated rings. The second-order valence-electron chi connectivity index (χ2n) is 4.96. The Hall–Kier alpha value is -1.44. The predicted molar refractivity (Wildman–Crippen MR) is 79.0 cm³/mol. The van der Waals surface area contributed by atoms with Gasteiger partial charge in [0.1, 0.15) is 6.04 Å². The molecule has 0 unspecified atom stereocenters. The van der Waals surface area contributed by atoms with Crippen molar-refractivity contribution in [3.8, 4) is 0 Å². The topological polar surface area (TPSA) is 77.9 Å². The molecule has 1 heterocycles. The van der Waals surface area contributed by atoms with Crippen molar-refractivity contribution in [1.82, 2.24) is 8.61 Å². The van der Waals surface area contributed by atoms with Crippen LogP contribution < -0.4 is 0 Å². The van der Waals surface area contributed by atoms with Gasteiger partial charge in [0.15, 0.2) is 0 Å². The Kier molecular flexibility index (Phi) is 4.65. The fraction of sp³-hybridized carbons (Fsp3) is 0.500. The lowest BCUT2D eigenvalue weighted by Gasteiger charge is -2.36. The Morgan fingerprint density at radius 2 is 1.86 bits per heavy atom. The fourth-order valence-electron chi connectivity index (χ4n) is 2.65. The summed E-state index contributed by atoms with van der Waals surface area (Å²) in [5, 5.41) is 9.40. The lowest BCUT2D eigenvalue weighted by molar-refractivity contribution is -0.142. The summed E-state index contributed by atoms with van der Waals surface area (Å²) in [6.07, 6.45) is 0.200. The van der Waals surface area contributed by atoms with Gasteiger partial charge in [-0.25, -0.2) is 0 Å². The molecule has 1 aliphatic heterocycles. The number of fused-ring (bicyclic) bond motifs is 1. The summed E-state index contributed by atoms with van der Waals surface area (Å²) < 4.78 is 27.7. The number of aliphatic carboxylic acids is 1. The molecule has 0 aromatic heterocycles. The van der Waals surface area contributed by atoms with Gasteiger partial charge < -0.3 is 5.11 Å². The van der Waals surface area contributed by atoms with E-state index in [0.717, 1.165) is 15.4 Å². The quantitative estimate of drug-likeness (QED) is 0.882. The van der Waals surface area contributed by atoms with Gasteiger partial charge in [0.25, 0.3) is 10.2 Å². The third-order valence-corrected chi connectivity index (χ3v) is 5.96. The van der Waals surface area contributed by atoms with E-state index in [0.29, 0.717) is 13.1 Å². The molecular weight excluding hydrogens is 292 g/mol. The first kappa shape index (κ1) is 15.9. The van der Waals surface area contributed by atoms with Gasteiger partial charge in [0.2, 0.25) is 0 Å². The first-order valence-corrected chi connectivity index (χ1v) is 8.38. The average molecular weight is 312 g/mol. The Balaban J connectivity index is 2.44. The molecule has 0 saturated heterocycles. The molecule has 1 atom stereocenters. The summed E-state index contributed by atoms with van der Waals surface area (Å²) in [4.78, 5) is 11.5. The molecule has 0 bridgehead atoms. The first-order valence-electron chi connectivity index (χ1n) is 6.98. The fourth-order valence-corrected chi connectivity index (χ4v) is 4.39. The minimum Gasteiger partial charge on any atom is -0.480 e. The molecule has 0 spiro atoms. The van der Waals surface area contributed by atoms with Gasteiger partial charge in [-0.15, -0.1) is 0 Å². The van der Waals surface area contributed by atoms with Crippen molar-refractivity contribution in [2.75, 3.05) is 13.1 Å². The van der Waals surface area contributed by atoms with Crippen LogP contribution in [-0.2, 0) is 28.0 Å². The van der Waals surface area contributed by atoms with E-state index in [9.17, 15) is 18.3 Å². The summed E-state index contributed by atoms with van der Waals surface area (Å²) in [6.45, 7) is 4.24. The predicted octanol–water partition coefficient (Wildman–Crippen LogP) is 1.08. The molecule has 0 aliphatic carbocycles. The number of benzene rings is 1. The van der Waals surface area contributed by atoms with Crippen LogP contribution >= 0.6 is 0 Å². The van der Waals surface area contributed by atoms with Gasteiger partial charge in [-0.3, -0.25) is 4.79 Å². The summed E-state index contributed by atoms with van der Waals surface area (Å²) >= 11 is 0. The number of carboxylic acid groups (broad SMARTS) is 1. The standard InChI is InChI=1S/C14H20N2O4S/c1-3-15(4-2)21(19,20)16-10-12-8-6-5-7-11(12)9-13(16)14(17)18/h5-8,13H,3-4,9-10H2,1-2H3,(H,17,18)/t13-/m0/s1. The summed E-state index contributed by atoms with van der Waals surface area (Å²) in [7, 11) is -3.78. The van der Waals surface area contributed by atoms with Crippen LogP contribution in [0.25, 0.3) is 0 Å². The van der Waals surface area contributed by atoms with E-state index in [-0.39, 0.29) is 13.0 Å². The molecule has 21 heavy (non-hydrogen) atoms. The zero-order valence-corrected chi connectivity index (χ0v) is 13.0. The van der Waals surface area contributed by atoms with Gasteiger partial charge >= 0.3 is 5.97 Å². The highest BCUT2D eigenvalue weighted by Crippen LogP contribution is 2.27. The van der Waals surface area contributed by atoms with Gasteiger partial charge in [-0.2, -0.15) is 17.0 Å². The van der Waals surface area contributed by atoms with E-state index >= 15 is 0 Å². The van der Waals surface area contributed by atoms with Gasteiger partial charge in [0.05, 0.1) is 0 Å². The van der Waals surface area contributed by atoms with E-state index in [2.05, 4.69) is 0 Å². The molecule has 1 aromatic carbocycles. The molecule has 1 aromatic rings. The van der Waals surface area contributed by atoms with E-state index < -0.39 is 22.2 Å². The molecule has 1 aliphatic rings. The second-order valence-corrected chi connectivity index (χ2v) is 6.85. The van der Waals surface area contributed by atoms with Crippen molar-refractivity contribution in [1.29, 1.82) is 0 Å². The zero-order valence-electron chi connectivity index (χ0n) is 12.2. The minimum atomic E-state index is -3.78. The monoisotopic (exact) mass is 312 g/mol. The number of carboxylic acids is 1. The van der Waals surface area contributed by atoms with Gasteiger partial charge in [0, 0.05) is 26.1 Å². The maximum atomic E-state index is 12.7. The van der Waals surface area contributed by atoms with Crippen molar-refractivity contribution in [3.05, 3.63) is 35.4 Å². The van der Waals surface area contributed by atoms with E-state index in [1.165, 1.54) is 4.31 Å². The SMILES string of the molecule is CCN(CC)S(=O)(=O)N1Cc2ccccc2C[C@H]1C(=O)O. The van der Waals surface area contributed by atoms with Gasteiger partial charge in [-0.1, -0.05) is 38.1 Å². The van der Waals surface area contributed by atoms with E-state index in [1.54, 1.807) is 13.8 Å². The Bertz CT molecular complexity index is 626. The van der Waals surface area contributed by atoms with E-state index in [1.807, 2.05) is 24.3 Å². The number of rotatable bonds is 5. The molecule has 0 amide bonds. The highest BCUT2D eigenvalue weighted by molar-refractivity contribution is 7.86. The van der Waals surface area contributed by atoms with Crippen LogP contribution in [0.1, 0.15) is 25.0 Å². The highest BCUT2D eigenvalue weighted by Gasteiger charge is 2.40. The van der Waals surface area contributed by atoms with Crippen LogP contribution in [0.15, 0.2) is 24.3 Å². The van der Waals surface area contributed by atoms with Crippen LogP contribution in [0, 0.1) is 0 Å². The van der Waals surface area contributed by atoms with Crippen molar-refractivity contribution < 1.29 is 18.3 Å². The third kappa shape index (κ3) is 2.95. The smallest absolute Gasteiger partial charge is 0.322 e. The van der Waals surface area contributed by atoms with Crippen LogP contribution in [0.4, 0.5) is 0 Å². The van der Waals surface area contributed by atoms with Crippen molar-refractivity contribution in [2.24, 2.45) is 0 Å². The number of carbonyl (C=O) groups is 1. The number of nitrogens with zero attached hydrogens (tertiary/aromatic N) is 2. The molecule has 0 radical (unpaired) electrons. The minimum absolute atomic E-state index is 0.103. The van der Waals surface area contributed by atoms with Crippen LogP contribution in [0.5, 0.6) is 0 Å². The van der Waals surface area contributed by atoms with E-state index in [4.69, 9.17) is 0 Å². The molecule has 6 nitrogen and oxygen atoms in total. The van der Waals surface area contributed by atoms with Gasteiger partial charge in [-0.05, 0) is 11.1 Å². The third-order valence-electron chi connectivity index (χ3n) is 3.82. The Labute approximate surface area is 125 Å². The highest BCUT2D eigenvalue weighted by atomic mass is 32.2. The lowest BCUT2D eigenvalue weighted by Crippen LogP contribution is -2.53. The summed E-state index contributed by atoms with van der Waals surface area (Å²) in [5.74, 6) is -1.11. The second kappa shape index (κ2) is 6.13. The van der Waals surface area contributed by atoms with Crippen LogP contribution in [0.3, 0.4) is 0 Å². The lowest BCUT2D eigenvalue weighted by atomic mass is 9.96.